The first kappa shape index (κ1) is 18.4. The number of hydrogen-bond acceptors (Lipinski definition) is 7. The number of carbonyl (C=O) groups excluding carboxylic acids is 2. The van der Waals surface area contributed by atoms with Gasteiger partial charge in [-0.3, -0.25) is 5.21 Å². The van der Waals surface area contributed by atoms with Crippen LogP contribution in [0.2, 0.25) is 0 Å². The number of hydroxylamine groups is 2. The molecule has 0 aromatic carbocycles. The van der Waals surface area contributed by atoms with Gasteiger partial charge in [0.1, 0.15) is 11.6 Å². The fraction of sp³-hybridized carbons (Fsp3) is 0.750. The molecule has 0 saturated carbocycles. The standard InChI is InChI=1S/C16H25N5O5/c1-16(2,3)26-15(23)19(4)8-7-12-17-18-13(25-12)11-6-5-10-9-20(11)14(22)21(10)24/h10-11,24H,5-9H2,1-4H3/t10-,11-/m0/s1. The van der Waals surface area contributed by atoms with Crippen LogP contribution in [0.15, 0.2) is 4.42 Å². The van der Waals surface area contributed by atoms with Crippen molar-refractivity contribution >= 4 is 12.1 Å². The van der Waals surface area contributed by atoms with Gasteiger partial charge in [-0.1, -0.05) is 0 Å². The zero-order valence-electron chi connectivity index (χ0n) is 15.5. The largest absolute Gasteiger partial charge is 0.444 e. The minimum Gasteiger partial charge on any atom is -0.444 e. The van der Waals surface area contributed by atoms with Gasteiger partial charge >= 0.3 is 12.1 Å². The minimum atomic E-state index is -0.551. The molecule has 144 valence electrons. The number of urea groups is 1. The molecule has 2 aliphatic rings. The van der Waals surface area contributed by atoms with Crippen molar-refractivity contribution in [3.63, 3.8) is 0 Å². The van der Waals surface area contributed by atoms with E-state index in [9.17, 15) is 14.8 Å². The van der Waals surface area contributed by atoms with Crippen molar-refractivity contribution in [3.8, 4) is 0 Å². The lowest BCUT2D eigenvalue weighted by Crippen LogP contribution is -2.35. The van der Waals surface area contributed by atoms with Gasteiger partial charge in [0, 0.05) is 26.6 Å². The lowest BCUT2D eigenvalue weighted by atomic mass is 10.0. The number of amides is 3. The summed E-state index contributed by atoms with van der Waals surface area (Å²) in [7, 11) is 1.64. The molecule has 2 fully saturated rings. The SMILES string of the molecule is CN(CCc1nnc([C@@H]2CC[C@H]3CN2C(=O)N3O)o1)C(=O)OC(C)(C)C. The quantitative estimate of drug-likeness (QED) is 0.808. The van der Waals surface area contributed by atoms with Gasteiger partial charge in [-0.25, -0.2) is 14.7 Å². The smallest absolute Gasteiger partial charge is 0.410 e. The van der Waals surface area contributed by atoms with Crippen molar-refractivity contribution < 1.29 is 24.0 Å². The number of ether oxygens (including phenoxy) is 1. The van der Waals surface area contributed by atoms with E-state index in [0.29, 0.717) is 44.1 Å². The second-order valence-electron chi connectivity index (χ2n) is 7.71. The Kier molecular flexibility index (Phi) is 4.78. The molecule has 2 atom stereocenters. The van der Waals surface area contributed by atoms with E-state index < -0.39 is 17.7 Å². The van der Waals surface area contributed by atoms with Crippen molar-refractivity contribution in [1.82, 2.24) is 25.1 Å². The number of aromatic nitrogens is 2. The van der Waals surface area contributed by atoms with Crippen LogP contribution in [-0.2, 0) is 11.2 Å². The van der Waals surface area contributed by atoms with Crippen LogP contribution in [0, 0.1) is 0 Å². The fourth-order valence-electron chi connectivity index (χ4n) is 3.10. The van der Waals surface area contributed by atoms with Crippen molar-refractivity contribution in [1.29, 1.82) is 0 Å². The highest BCUT2D eigenvalue weighted by atomic mass is 16.6. The molecule has 2 aliphatic heterocycles. The Morgan fingerprint density at radius 3 is 2.81 bits per heavy atom. The van der Waals surface area contributed by atoms with E-state index in [-0.39, 0.29) is 12.1 Å². The molecule has 0 spiro atoms. The van der Waals surface area contributed by atoms with Gasteiger partial charge in [0.15, 0.2) is 0 Å². The third-order valence-corrected chi connectivity index (χ3v) is 4.48. The summed E-state index contributed by atoms with van der Waals surface area (Å²) in [6, 6.07) is -0.911. The summed E-state index contributed by atoms with van der Waals surface area (Å²) in [5.41, 5.74) is -0.551. The van der Waals surface area contributed by atoms with E-state index >= 15 is 0 Å². The third-order valence-electron chi connectivity index (χ3n) is 4.48. The van der Waals surface area contributed by atoms with E-state index in [2.05, 4.69) is 10.2 Å². The summed E-state index contributed by atoms with van der Waals surface area (Å²) in [6.45, 7) is 6.26. The molecule has 0 aliphatic carbocycles. The van der Waals surface area contributed by atoms with E-state index in [1.807, 2.05) is 20.8 Å². The van der Waals surface area contributed by atoms with Gasteiger partial charge in [-0.15, -0.1) is 10.2 Å². The first-order valence-electron chi connectivity index (χ1n) is 8.71. The summed E-state index contributed by atoms with van der Waals surface area (Å²) < 4.78 is 11.0. The molecule has 3 rings (SSSR count). The van der Waals surface area contributed by atoms with Crippen LogP contribution in [0.1, 0.15) is 51.4 Å². The predicted molar refractivity (Wildman–Crippen MR) is 88.4 cm³/mol. The van der Waals surface area contributed by atoms with E-state index in [1.54, 1.807) is 11.9 Å². The molecule has 0 radical (unpaired) electrons. The molecule has 2 saturated heterocycles. The Morgan fingerprint density at radius 2 is 2.12 bits per heavy atom. The Balaban J connectivity index is 1.57. The Hall–Kier alpha value is -2.36. The summed E-state index contributed by atoms with van der Waals surface area (Å²) in [5.74, 6) is 0.757. The van der Waals surface area contributed by atoms with E-state index in [0.717, 1.165) is 5.06 Å². The minimum absolute atomic E-state index is 0.163. The topological polar surface area (TPSA) is 112 Å². The Bertz CT molecular complexity index is 685. The van der Waals surface area contributed by atoms with Crippen LogP contribution < -0.4 is 0 Å². The first-order valence-corrected chi connectivity index (χ1v) is 8.71. The van der Waals surface area contributed by atoms with Gasteiger partial charge in [-0.2, -0.15) is 0 Å². The maximum absolute atomic E-state index is 12.0. The molecule has 1 aromatic heterocycles. The van der Waals surface area contributed by atoms with Crippen LogP contribution in [0.3, 0.4) is 0 Å². The molecule has 3 amide bonds. The zero-order chi connectivity index (χ0) is 19.1. The van der Waals surface area contributed by atoms with Crippen molar-refractivity contribution in [2.24, 2.45) is 0 Å². The van der Waals surface area contributed by atoms with Crippen molar-refractivity contribution in [3.05, 3.63) is 11.8 Å². The normalized spacial score (nSPS) is 22.7. The predicted octanol–water partition coefficient (Wildman–Crippen LogP) is 1.81. The number of rotatable bonds is 4. The molecular formula is C16H25N5O5. The molecule has 1 N–H and O–H groups in total. The Labute approximate surface area is 151 Å². The highest BCUT2D eigenvalue weighted by molar-refractivity contribution is 5.76. The number of nitrogens with zero attached hydrogens (tertiary/aromatic N) is 5. The Morgan fingerprint density at radius 1 is 1.38 bits per heavy atom. The maximum Gasteiger partial charge on any atom is 0.410 e. The summed E-state index contributed by atoms with van der Waals surface area (Å²) in [6.07, 6.45) is 1.31. The van der Waals surface area contributed by atoms with Crippen LogP contribution in [0.5, 0.6) is 0 Å². The highest BCUT2D eigenvalue weighted by Crippen LogP contribution is 2.36. The second-order valence-corrected chi connectivity index (χ2v) is 7.71. The number of carbonyl (C=O) groups is 2. The lowest BCUT2D eigenvalue weighted by Gasteiger charge is -2.27. The zero-order valence-corrected chi connectivity index (χ0v) is 15.5. The number of hydrogen-bond donors (Lipinski definition) is 1. The maximum atomic E-state index is 12.0. The average molecular weight is 367 g/mol. The molecule has 1 aromatic rings. The number of fused-ring (bicyclic) bond motifs is 2. The van der Waals surface area contributed by atoms with Gasteiger partial charge in [0.2, 0.25) is 11.8 Å². The average Bonchev–Trinajstić information content (AvgIpc) is 3.12. The van der Waals surface area contributed by atoms with E-state index in [4.69, 9.17) is 9.15 Å². The molecule has 2 bridgehead atoms. The summed E-state index contributed by atoms with van der Waals surface area (Å²) >= 11 is 0. The van der Waals surface area contributed by atoms with Gasteiger partial charge in [-0.05, 0) is 33.6 Å². The van der Waals surface area contributed by atoms with Crippen LogP contribution in [0.4, 0.5) is 9.59 Å². The lowest BCUT2D eigenvalue weighted by molar-refractivity contribution is -0.0584. The number of likely N-dealkylation sites (N-methyl/N-ethyl adjacent to an activating group) is 1. The first-order chi connectivity index (χ1) is 12.2. The van der Waals surface area contributed by atoms with Crippen molar-refractivity contribution in [2.45, 2.75) is 57.7 Å². The summed E-state index contributed by atoms with van der Waals surface area (Å²) in [4.78, 5) is 27.0. The molecule has 26 heavy (non-hydrogen) atoms. The molecule has 3 heterocycles. The monoisotopic (exact) mass is 367 g/mol. The van der Waals surface area contributed by atoms with Gasteiger partial charge in [0.25, 0.3) is 0 Å². The van der Waals surface area contributed by atoms with Crippen LogP contribution in [-0.4, -0.2) is 74.2 Å². The third kappa shape index (κ3) is 3.74. The van der Waals surface area contributed by atoms with Crippen LogP contribution in [0.25, 0.3) is 0 Å². The van der Waals surface area contributed by atoms with Crippen LogP contribution >= 0.6 is 0 Å². The summed E-state index contributed by atoms with van der Waals surface area (Å²) in [5, 5.41) is 18.6. The molecule has 10 nitrogen and oxygen atoms in total. The second kappa shape index (κ2) is 6.75. The van der Waals surface area contributed by atoms with Gasteiger partial charge < -0.3 is 19.0 Å². The van der Waals surface area contributed by atoms with Crippen molar-refractivity contribution in [2.75, 3.05) is 20.1 Å². The molecular weight excluding hydrogens is 342 g/mol. The number of piperidine rings is 1. The van der Waals surface area contributed by atoms with E-state index in [1.165, 1.54) is 4.90 Å². The van der Waals surface area contributed by atoms with Gasteiger partial charge in [0.05, 0.1) is 6.04 Å². The molecule has 10 heteroatoms. The fourth-order valence-corrected chi connectivity index (χ4v) is 3.10. The highest BCUT2D eigenvalue weighted by Gasteiger charge is 2.46. The molecule has 0 unspecified atom stereocenters.